The van der Waals surface area contributed by atoms with Gasteiger partial charge in [0.15, 0.2) is 0 Å². The van der Waals surface area contributed by atoms with Crippen LogP contribution in [-0.4, -0.2) is 31.3 Å². The molecule has 3 atom stereocenters. The Hall–Kier alpha value is -3.21. The van der Waals surface area contributed by atoms with Crippen LogP contribution in [0.15, 0.2) is 85.6 Å². The molecular formula is C25H31N5. The first-order chi connectivity index (χ1) is 14.6. The highest BCUT2D eigenvalue weighted by molar-refractivity contribution is 5.15. The van der Waals surface area contributed by atoms with Crippen molar-refractivity contribution < 1.29 is 0 Å². The molecule has 3 aromatic heterocycles. The lowest BCUT2D eigenvalue weighted by molar-refractivity contribution is 0.215. The summed E-state index contributed by atoms with van der Waals surface area (Å²) in [5.41, 5.74) is 3.13. The molecule has 0 N–H and O–H groups in total. The molecule has 0 saturated carbocycles. The molecular weight excluding hydrogens is 370 g/mol. The Morgan fingerprint density at radius 1 is 0.667 bits per heavy atom. The van der Waals surface area contributed by atoms with Gasteiger partial charge in [-0.1, -0.05) is 18.2 Å². The van der Waals surface area contributed by atoms with E-state index in [0.717, 1.165) is 23.6 Å². The molecule has 30 heavy (non-hydrogen) atoms. The molecule has 5 nitrogen and oxygen atoms in total. The van der Waals surface area contributed by atoms with Crippen molar-refractivity contribution in [1.82, 2.24) is 24.8 Å². The Labute approximate surface area is 180 Å². The first-order valence-electron chi connectivity index (χ1n) is 10.6. The second-order valence-corrected chi connectivity index (χ2v) is 7.37. The third kappa shape index (κ3) is 5.23. The fourth-order valence-electron chi connectivity index (χ4n) is 3.61. The first-order valence-corrected chi connectivity index (χ1v) is 10.6. The fourth-order valence-corrected chi connectivity index (χ4v) is 3.61. The Kier molecular flexibility index (Phi) is 7.55. The van der Waals surface area contributed by atoms with Gasteiger partial charge in [-0.3, -0.25) is 15.0 Å². The number of hydrogen-bond acceptors (Lipinski definition) is 5. The number of hydrogen-bond donors (Lipinski definition) is 0. The highest BCUT2D eigenvalue weighted by Crippen LogP contribution is 2.29. The van der Waals surface area contributed by atoms with Crippen LogP contribution in [0.1, 0.15) is 62.9 Å². The second-order valence-electron chi connectivity index (χ2n) is 7.37. The van der Waals surface area contributed by atoms with Crippen LogP contribution in [-0.2, 0) is 0 Å². The van der Waals surface area contributed by atoms with Crippen LogP contribution in [0.2, 0.25) is 0 Å². The van der Waals surface area contributed by atoms with Crippen molar-refractivity contribution >= 4 is 0 Å². The molecule has 3 rings (SSSR count). The molecule has 156 valence electrons. The predicted octanol–water partition coefficient (Wildman–Crippen LogP) is 5.55. The first kappa shape index (κ1) is 21.5. The van der Waals surface area contributed by atoms with Gasteiger partial charge in [-0.15, -0.1) is 0 Å². The van der Waals surface area contributed by atoms with Crippen molar-refractivity contribution in [3.05, 3.63) is 103 Å². The van der Waals surface area contributed by atoms with Crippen LogP contribution >= 0.6 is 0 Å². The zero-order valence-corrected chi connectivity index (χ0v) is 18.3. The van der Waals surface area contributed by atoms with E-state index in [2.05, 4.69) is 83.0 Å². The molecule has 0 aliphatic heterocycles. The highest BCUT2D eigenvalue weighted by atomic mass is 15.2. The Bertz CT molecular complexity index is 853. The van der Waals surface area contributed by atoms with E-state index >= 15 is 0 Å². The number of rotatable bonds is 9. The summed E-state index contributed by atoms with van der Waals surface area (Å²) < 4.78 is 0. The highest BCUT2D eigenvalue weighted by Gasteiger charge is 2.22. The lowest BCUT2D eigenvalue weighted by Crippen LogP contribution is -2.28. The van der Waals surface area contributed by atoms with Crippen molar-refractivity contribution in [2.45, 2.75) is 45.8 Å². The number of pyridine rings is 3. The molecule has 0 radical (unpaired) electrons. The van der Waals surface area contributed by atoms with Crippen LogP contribution in [0.5, 0.6) is 0 Å². The topological polar surface area (TPSA) is 45.2 Å². The molecule has 0 saturated heterocycles. The zero-order chi connectivity index (χ0) is 21.3. The lowest BCUT2D eigenvalue weighted by Gasteiger charge is -2.34. The minimum atomic E-state index is 0.100. The van der Waals surface area contributed by atoms with Crippen molar-refractivity contribution in [3.8, 4) is 0 Å². The van der Waals surface area contributed by atoms with Crippen LogP contribution in [0.4, 0.5) is 0 Å². The molecule has 0 aliphatic carbocycles. The largest absolute Gasteiger partial charge is 0.368 e. The Morgan fingerprint density at radius 2 is 1.10 bits per heavy atom. The summed E-state index contributed by atoms with van der Waals surface area (Å²) in [6.07, 6.45) is 9.88. The normalized spacial score (nSPS) is 14.3. The SMILES string of the molecule is CCN(/C=C/N(C(C)c1ccccn1)C(C)c1ccccn1)C(C)c1ccccn1. The van der Waals surface area contributed by atoms with E-state index in [1.165, 1.54) is 0 Å². The van der Waals surface area contributed by atoms with Crippen LogP contribution in [0, 0.1) is 0 Å². The van der Waals surface area contributed by atoms with Crippen LogP contribution in [0.3, 0.4) is 0 Å². The molecule has 0 amide bonds. The molecule has 0 spiro atoms. The quantitative estimate of drug-likeness (QED) is 0.470. The van der Waals surface area contributed by atoms with E-state index in [4.69, 9.17) is 0 Å². The monoisotopic (exact) mass is 401 g/mol. The lowest BCUT2D eigenvalue weighted by atomic mass is 10.1. The summed E-state index contributed by atoms with van der Waals surface area (Å²) in [5, 5.41) is 0. The Balaban J connectivity index is 1.89. The average Bonchev–Trinajstić information content (AvgIpc) is 2.82. The summed E-state index contributed by atoms with van der Waals surface area (Å²) in [7, 11) is 0. The maximum atomic E-state index is 4.59. The van der Waals surface area contributed by atoms with Gasteiger partial charge in [0.1, 0.15) is 0 Å². The van der Waals surface area contributed by atoms with Crippen molar-refractivity contribution in [1.29, 1.82) is 0 Å². The van der Waals surface area contributed by atoms with E-state index in [0.29, 0.717) is 0 Å². The maximum absolute atomic E-state index is 4.59. The summed E-state index contributed by atoms with van der Waals surface area (Å²) in [6.45, 7) is 9.61. The summed E-state index contributed by atoms with van der Waals surface area (Å²) in [6, 6.07) is 18.6. The third-order valence-corrected chi connectivity index (χ3v) is 5.53. The predicted molar refractivity (Wildman–Crippen MR) is 121 cm³/mol. The van der Waals surface area contributed by atoms with Gasteiger partial charge in [0.25, 0.3) is 0 Å². The van der Waals surface area contributed by atoms with Crippen molar-refractivity contribution in [3.63, 3.8) is 0 Å². The summed E-state index contributed by atoms with van der Waals surface area (Å²) >= 11 is 0. The maximum Gasteiger partial charge on any atom is 0.0687 e. The smallest absolute Gasteiger partial charge is 0.0687 e. The number of nitrogens with zero attached hydrogens (tertiary/aromatic N) is 5. The van der Waals surface area contributed by atoms with Crippen molar-refractivity contribution in [2.24, 2.45) is 0 Å². The van der Waals surface area contributed by atoms with Crippen LogP contribution in [0.25, 0.3) is 0 Å². The molecule has 0 aromatic carbocycles. The molecule has 3 heterocycles. The minimum Gasteiger partial charge on any atom is -0.368 e. The molecule has 0 bridgehead atoms. The standard InChI is InChI=1S/C25H31N5/c1-5-29(20(2)23-12-6-9-15-26-23)18-19-30(21(3)24-13-7-10-16-27-24)22(4)25-14-8-11-17-28-25/h6-22H,5H2,1-4H3/b19-18+. The Morgan fingerprint density at radius 3 is 1.47 bits per heavy atom. The average molecular weight is 402 g/mol. The second kappa shape index (κ2) is 10.5. The van der Waals surface area contributed by atoms with Gasteiger partial charge in [0.2, 0.25) is 0 Å². The van der Waals surface area contributed by atoms with Gasteiger partial charge in [0, 0.05) is 37.5 Å². The molecule has 0 aliphatic rings. The molecule has 3 aromatic rings. The van der Waals surface area contributed by atoms with E-state index in [1.54, 1.807) is 0 Å². The van der Waals surface area contributed by atoms with Crippen LogP contribution < -0.4 is 0 Å². The van der Waals surface area contributed by atoms with Gasteiger partial charge < -0.3 is 9.80 Å². The van der Waals surface area contributed by atoms with Gasteiger partial charge in [0.05, 0.1) is 35.2 Å². The van der Waals surface area contributed by atoms with Gasteiger partial charge in [-0.05, 0) is 64.1 Å². The molecule has 5 heteroatoms. The van der Waals surface area contributed by atoms with E-state index < -0.39 is 0 Å². The minimum absolute atomic E-state index is 0.100. The van der Waals surface area contributed by atoms with Gasteiger partial charge in [-0.25, -0.2) is 0 Å². The zero-order valence-electron chi connectivity index (χ0n) is 18.3. The third-order valence-electron chi connectivity index (χ3n) is 5.53. The van der Waals surface area contributed by atoms with E-state index in [-0.39, 0.29) is 18.1 Å². The van der Waals surface area contributed by atoms with Gasteiger partial charge in [-0.2, -0.15) is 0 Å². The van der Waals surface area contributed by atoms with E-state index in [1.807, 2.05) is 55.0 Å². The molecule has 0 fully saturated rings. The summed E-state index contributed by atoms with van der Waals surface area (Å²) in [5.74, 6) is 0. The number of aromatic nitrogens is 3. The molecule has 3 unspecified atom stereocenters. The van der Waals surface area contributed by atoms with E-state index in [9.17, 15) is 0 Å². The van der Waals surface area contributed by atoms with Crippen molar-refractivity contribution in [2.75, 3.05) is 6.54 Å². The fraction of sp³-hybridized carbons (Fsp3) is 0.320. The summed E-state index contributed by atoms with van der Waals surface area (Å²) in [4.78, 5) is 18.3. The van der Waals surface area contributed by atoms with Gasteiger partial charge >= 0.3 is 0 Å².